The summed E-state index contributed by atoms with van der Waals surface area (Å²) in [5.41, 5.74) is 0.695. The number of amides is 1. The largest absolute Gasteiger partial charge is 0.495 e. The van der Waals surface area contributed by atoms with Gasteiger partial charge in [0.1, 0.15) is 5.75 Å². The van der Waals surface area contributed by atoms with Crippen molar-refractivity contribution in [2.24, 2.45) is 10.2 Å². The summed E-state index contributed by atoms with van der Waals surface area (Å²) in [5.74, 6) is 0.930. The topological polar surface area (TPSA) is 63.1 Å². The SMILES string of the molecule is COc1c(Br)cc(Cl)cc1C=NN=C1NC(=O)CS1. The highest BCUT2D eigenvalue weighted by Crippen LogP contribution is 2.31. The first-order valence-electron chi connectivity index (χ1n) is 5.17. The van der Waals surface area contributed by atoms with Crippen molar-refractivity contribution in [1.82, 2.24) is 5.32 Å². The Morgan fingerprint density at radius 1 is 1.58 bits per heavy atom. The van der Waals surface area contributed by atoms with Crippen molar-refractivity contribution in [1.29, 1.82) is 0 Å². The second-order valence-electron chi connectivity index (χ2n) is 3.50. The molecule has 0 spiro atoms. The van der Waals surface area contributed by atoms with Crippen LogP contribution in [0.15, 0.2) is 26.8 Å². The average Bonchev–Trinajstić information content (AvgIpc) is 2.74. The van der Waals surface area contributed by atoms with Crippen LogP contribution in [0.5, 0.6) is 5.75 Å². The molecule has 1 aromatic carbocycles. The number of hydrogen-bond donors (Lipinski definition) is 1. The molecular weight excluding hydrogens is 354 g/mol. The zero-order chi connectivity index (χ0) is 13.8. The highest BCUT2D eigenvalue weighted by molar-refractivity contribution is 9.10. The van der Waals surface area contributed by atoms with Crippen LogP contribution in [0.1, 0.15) is 5.56 Å². The number of nitrogens with zero attached hydrogens (tertiary/aromatic N) is 2. The quantitative estimate of drug-likeness (QED) is 0.664. The fraction of sp³-hybridized carbons (Fsp3) is 0.182. The number of methoxy groups -OCH3 is 1. The molecule has 2 rings (SSSR count). The number of carbonyl (C=O) groups excluding carboxylic acids is 1. The van der Waals surface area contributed by atoms with Crippen molar-refractivity contribution < 1.29 is 9.53 Å². The maximum absolute atomic E-state index is 11.0. The highest BCUT2D eigenvalue weighted by atomic mass is 79.9. The third-order valence-electron chi connectivity index (χ3n) is 2.17. The molecule has 0 saturated carbocycles. The van der Waals surface area contributed by atoms with Crippen LogP contribution < -0.4 is 10.1 Å². The Balaban J connectivity index is 2.21. The summed E-state index contributed by atoms with van der Waals surface area (Å²) in [5, 5.41) is 11.5. The molecule has 1 saturated heterocycles. The summed E-state index contributed by atoms with van der Waals surface area (Å²) >= 11 is 10.6. The second-order valence-corrected chi connectivity index (χ2v) is 5.75. The van der Waals surface area contributed by atoms with E-state index in [-0.39, 0.29) is 5.91 Å². The van der Waals surface area contributed by atoms with Crippen LogP contribution in [0.25, 0.3) is 0 Å². The first-order chi connectivity index (χ1) is 9.10. The number of ether oxygens (including phenoxy) is 1. The minimum atomic E-state index is -0.0676. The average molecular weight is 363 g/mol. The van der Waals surface area contributed by atoms with Crippen molar-refractivity contribution in [3.05, 3.63) is 27.2 Å². The molecule has 1 N–H and O–H groups in total. The van der Waals surface area contributed by atoms with Crippen molar-refractivity contribution in [3.63, 3.8) is 0 Å². The van der Waals surface area contributed by atoms with E-state index in [4.69, 9.17) is 16.3 Å². The van der Waals surface area contributed by atoms with Gasteiger partial charge in [0.2, 0.25) is 5.91 Å². The van der Waals surface area contributed by atoms with E-state index < -0.39 is 0 Å². The minimum Gasteiger partial charge on any atom is -0.495 e. The van der Waals surface area contributed by atoms with Crippen LogP contribution in [0, 0.1) is 0 Å². The van der Waals surface area contributed by atoms with Gasteiger partial charge in [0, 0.05) is 10.6 Å². The predicted octanol–water partition coefficient (Wildman–Crippen LogP) is 2.66. The fourth-order valence-electron chi connectivity index (χ4n) is 1.41. The molecule has 0 bridgehead atoms. The Morgan fingerprint density at radius 2 is 2.37 bits per heavy atom. The summed E-state index contributed by atoms with van der Waals surface area (Å²) < 4.78 is 5.99. The van der Waals surface area contributed by atoms with E-state index >= 15 is 0 Å². The summed E-state index contributed by atoms with van der Waals surface area (Å²) in [4.78, 5) is 11.0. The predicted molar refractivity (Wildman–Crippen MR) is 81.3 cm³/mol. The summed E-state index contributed by atoms with van der Waals surface area (Å²) in [6.07, 6.45) is 1.52. The lowest BCUT2D eigenvalue weighted by Gasteiger charge is -2.07. The van der Waals surface area contributed by atoms with E-state index in [1.54, 1.807) is 19.2 Å². The van der Waals surface area contributed by atoms with E-state index in [0.717, 1.165) is 4.47 Å². The second kappa shape index (κ2) is 6.40. The molecular formula is C11H9BrClN3O2S. The third-order valence-corrected chi connectivity index (χ3v) is 3.84. The van der Waals surface area contributed by atoms with E-state index in [0.29, 0.717) is 27.3 Å². The monoisotopic (exact) mass is 361 g/mol. The van der Waals surface area contributed by atoms with Gasteiger partial charge >= 0.3 is 0 Å². The Bertz CT molecular complexity index is 577. The maximum atomic E-state index is 11.0. The number of nitrogens with one attached hydrogen (secondary N) is 1. The molecule has 1 fully saturated rings. The lowest BCUT2D eigenvalue weighted by molar-refractivity contribution is -0.116. The van der Waals surface area contributed by atoms with Gasteiger partial charge in [-0.25, -0.2) is 0 Å². The summed E-state index contributed by atoms with van der Waals surface area (Å²) in [7, 11) is 1.56. The molecule has 1 aliphatic heterocycles. The van der Waals surface area contributed by atoms with E-state index in [2.05, 4.69) is 31.4 Å². The molecule has 8 heteroatoms. The van der Waals surface area contributed by atoms with Gasteiger partial charge < -0.3 is 10.1 Å². The number of carbonyl (C=O) groups is 1. The molecule has 1 aromatic rings. The molecule has 0 unspecified atom stereocenters. The van der Waals surface area contributed by atoms with Gasteiger partial charge in [-0.1, -0.05) is 23.4 Å². The number of benzene rings is 1. The minimum absolute atomic E-state index is 0.0676. The fourth-order valence-corrected chi connectivity index (χ4v) is 3.04. The van der Waals surface area contributed by atoms with Crippen molar-refractivity contribution in [2.45, 2.75) is 0 Å². The van der Waals surface area contributed by atoms with Gasteiger partial charge in [-0.05, 0) is 28.1 Å². The Morgan fingerprint density at radius 3 is 3.00 bits per heavy atom. The molecule has 1 heterocycles. The Hall–Kier alpha value is -1.05. The number of halogens is 2. The van der Waals surface area contributed by atoms with Crippen LogP contribution in [0.3, 0.4) is 0 Å². The molecule has 0 atom stereocenters. The maximum Gasteiger partial charge on any atom is 0.236 e. The molecule has 0 radical (unpaired) electrons. The van der Waals surface area contributed by atoms with Crippen LogP contribution in [0.4, 0.5) is 0 Å². The third kappa shape index (κ3) is 3.71. The lowest BCUT2D eigenvalue weighted by Crippen LogP contribution is -2.19. The van der Waals surface area contributed by atoms with Gasteiger partial charge in [-0.15, -0.1) is 5.10 Å². The number of thioether (sulfide) groups is 1. The zero-order valence-corrected chi connectivity index (χ0v) is 13.0. The molecule has 19 heavy (non-hydrogen) atoms. The first kappa shape index (κ1) is 14.4. The molecule has 0 aliphatic carbocycles. The van der Waals surface area contributed by atoms with Gasteiger partial charge in [0.25, 0.3) is 0 Å². The van der Waals surface area contributed by atoms with Gasteiger partial charge in [-0.2, -0.15) is 5.10 Å². The van der Waals surface area contributed by atoms with Crippen molar-refractivity contribution >= 4 is 56.6 Å². The standard InChI is InChI=1S/C11H9BrClN3O2S/c1-18-10-6(2-7(13)3-8(10)12)4-14-16-11-15-9(17)5-19-11/h2-4H,5H2,1H3,(H,15,16,17). The summed E-state index contributed by atoms with van der Waals surface area (Å²) in [6.45, 7) is 0. The van der Waals surface area contributed by atoms with E-state index in [1.165, 1.54) is 18.0 Å². The van der Waals surface area contributed by atoms with Crippen molar-refractivity contribution in [2.75, 3.05) is 12.9 Å². The zero-order valence-electron chi connectivity index (χ0n) is 9.81. The Kier molecular flexibility index (Phi) is 4.84. The molecule has 0 aromatic heterocycles. The van der Waals surface area contributed by atoms with E-state index in [9.17, 15) is 4.79 Å². The van der Waals surface area contributed by atoms with Crippen LogP contribution in [0.2, 0.25) is 5.02 Å². The van der Waals surface area contributed by atoms with Crippen LogP contribution in [-0.2, 0) is 4.79 Å². The van der Waals surface area contributed by atoms with Gasteiger partial charge in [-0.3, -0.25) is 4.79 Å². The first-order valence-corrected chi connectivity index (χ1v) is 7.32. The molecule has 100 valence electrons. The van der Waals surface area contributed by atoms with Crippen molar-refractivity contribution in [3.8, 4) is 5.75 Å². The Labute approximate surface area is 127 Å². The molecule has 1 amide bonds. The number of rotatable bonds is 3. The summed E-state index contributed by atoms with van der Waals surface area (Å²) in [6, 6.07) is 3.45. The normalized spacial score (nSPS) is 17.2. The van der Waals surface area contributed by atoms with Crippen LogP contribution in [-0.4, -0.2) is 30.2 Å². The van der Waals surface area contributed by atoms with Crippen LogP contribution >= 0.6 is 39.3 Å². The van der Waals surface area contributed by atoms with Gasteiger partial charge in [0.05, 0.1) is 23.5 Å². The lowest BCUT2D eigenvalue weighted by atomic mass is 10.2. The molecule has 5 nitrogen and oxygen atoms in total. The molecule has 1 aliphatic rings. The smallest absolute Gasteiger partial charge is 0.236 e. The number of amidine groups is 1. The van der Waals surface area contributed by atoms with E-state index in [1.807, 2.05) is 0 Å². The highest BCUT2D eigenvalue weighted by Gasteiger charge is 2.16. The number of hydrogen-bond acceptors (Lipinski definition) is 5. The van der Waals surface area contributed by atoms with Gasteiger partial charge in [0.15, 0.2) is 5.17 Å².